The highest BCUT2D eigenvalue weighted by Gasteiger charge is 2.17. The van der Waals surface area contributed by atoms with E-state index in [2.05, 4.69) is 61.6 Å². The van der Waals surface area contributed by atoms with Crippen LogP contribution < -0.4 is 5.32 Å². The molecule has 0 bridgehead atoms. The smallest absolute Gasteiger partial charge is 0.320 e. The van der Waals surface area contributed by atoms with E-state index < -0.39 is 12.0 Å². The molecular weight excluding hydrogens is 298 g/mol. The predicted octanol–water partition coefficient (Wildman–Crippen LogP) is 4.56. The van der Waals surface area contributed by atoms with Crippen molar-refractivity contribution in [3.05, 3.63) is 59.2 Å². The van der Waals surface area contributed by atoms with E-state index in [4.69, 9.17) is 0 Å². The van der Waals surface area contributed by atoms with Crippen LogP contribution in [0.1, 0.15) is 37.0 Å². The summed E-state index contributed by atoms with van der Waals surface area (Å²) in [6.45, 7) is 8.86. The Morgan fingerprint density at radius 1 is 1.00 bits per heavy atom. The van der Waals surface area contributed by atoms with Gasteiger partial charge in [0.2, 0.25) is 0 Å². The second kappa shape index (κ2) is 8.11. The van der Waals surface area contributed by atoms with Crippen LogP contribution in [-0.2, 0) is 11.3 Å². The fraction of sp³-hybridized carbons (Fsp3) is 0.381. The molecule has 0 unspecified atom stereocenters. The van der Waals surface area contributed by atoms with Crippen LogP contribution in [-0.4, -0.2) is 17.1 Å². The Kier molecular flexibility index (Phi) is 6.16. The molecule has 0 spiro atoms. The molecule has 0 heterocycles. The molecule has 0 radical (unpaired) electrons. The first-order chi connectivity index (χ1) is 11.3. The number of benzene rings is 2. The Bertz CT molecular complexity index is 669. The summed E-state index contributed by atoms with van der Waals surface area (Å²) >= 11 is 0. The maximum Gasteiger partial charge on any atom is 0.320 e. The fourth-order valence-corrected chi connectivity index (χ4v) is 2.94. The average molecular weight is 325 g/mol. The molecule has 0 saturated carbocycles. The molecule has 0 saturated heterocycles. The standard InChI is InChI=1S/C21H27NO2/c1-14(2)9-20(21(23)24)22-13-17-5-7-18(8-6-17)19-11-15(3)10-16(4)12-19/h5-8,10-12,14,20,22H,9,13H2,1-4H3,(H,23,24)/t20-/m1/s1. The SMILES string of the molecule is Cc1cc(C)cc(-c2ccc(CN[C@H](CC(C)C)C(=O)O)cc2)c1. The lowest BCUT2D eigenvalue weighted by Gasteiger charge is -2.16. The lowest BCUT2D eigenvalue weighted by atomic mass is 9.99. The molecular formula is C21H27NO2. The molecule has 3 nitrogen and oxygen atoms in total. The van der Waals surface area contributed by atoms with E-state index in [0.717, 1.165) is 5.56 Å². The van der Waals surface area contributed by atoms with Gasteiger partial charge in [0.05, 0.1) is 0 Å². The number of aliphatic carboxylic acids is 1. The van der Waals surface area contributed by atoms with Crippen LogP contribution >= 0.6 is 0 Å². The molecule has 2 aromatic rings. The first kappa shape index (κ1) is 18.2. The van der Waals surface area contributed by atoms with Crippen molar-refractivity contribution < 1.29 is 9.90 Å². The van der Waals surface area contributed by atoms with Gasteiger partial charge in [0.15, 0.2) is 0 Å². The van der Waals surface area contributed by atoms with Crippen LogP contribution in [0.15, 0.2) is 42.5 Å². The highest BCUT2D eigenvalue weighted by atomic mass is 16.4. The van der Waals surface area contributed by atoms with E-state index in [0.29, 0.717) is 18.9 Å². The third kappa shape index (κ3) is 5.20. The molecule has 1 atom stereocenters. The Morgan fingerprint density at radius 2 is 1.58 bits per heavy atom. The van der Waals surface area contributed by atoms with Crippen LogP contribution in [0.5, 0.6) is 0 Å². The van der Waals surface area contributed by atoms with Gasteiger partial charge >= 0.3 is 5.97 Å². The van der Waals surface area contributed by atoms with Crippen molar-refractivity contribution in [2.24, 2.45) is 5.92 Å². The topological polar surface area (TPSA) is 49.3 Å². The van der Waals surface area contributed by atoms with Gasteiger partial charge in [0, 0.05) is 6.54 Å². The lowest BCUT2D eigenvalue weighted by molar-refractivity contribution is -0.140. The minimum absolute atomic E-state index is 0.352. The van der Waals surface area contributed by atoms with E-state index >= 15 is 0 Å². The maximum absolute atomic E-state index is 11.3. The monoisotopic (exact) mass is 325 g/mol. The van der Waals surface area contributed by atoms with Crippen LogP contribution in [0.4, 0.5) is 0 Å². The highest BCUT2D eigenvalue weighted by molar-refractivity contribution is 5.73. The summed E-state index contributed by atoms with van der Waals surface area (Å²) < 4.78 is 0. The second-order valence-electron chi connectivity index (χ2n) is 6.97. The molecule has 3 heteroatoms. The van der Waals surface area contributed by atoms with Gasteiger partial charge in [-0.25, -0.2) is 0 Å². The average Bonchev–Trinajstić information content (AvgIpc) is 2.50. The number of carbonyl (C=O) groups is 1. The quantitative estimate of drug-likeness (QED) is 0.784. The molecule has 0 aliphatic carbocycles. The Hall–Kier alpha value is -2.13. The predicted molar refractivity (Wildman–Crippen MR) is 99.1 cm³/mol. The zero-order valence-corrected chi connectivity index (χ0v) is 15.0. The molecule has 0 fully saturated rings. The first-order valence-corrected chi connectivity index (χ1v) is 8.49. The number of nitrogens with one attached hydrogen (secondary N) is 1. The third-order valence-electron chi connectivity index (χ3n) is 4.07. The van der Waals surface area contributed by atoms with E-state index in [-0.39, 0.29) is 0 Å². The van der Waals surface area contributed by atoms with Gasteiger partial charge in [-0.2, -0.15) is 0 Å². The molecule has 128 valence electrons. The number of hydrogen-bond donors (Lipinski definition) is 2. The minimum atomic E-state index is -0.782. The van der Waals surface area contributed by atoms with Crippen molar-refractivity contribution in [1.29, 1.82) is 0 Å². The summed E-state index contributed by atoms with van der Waals surface area (Å²) in [6, 6.07) is 14.4. The van der Waals surface area contributed by atoms with Crippen molar-refractivity contribution in [3.8, 4) is 11.1 Å². The van der Waals surface area contributed by atoms with Crippen molar-refractivity contribution >= 4 is 5.97 Å². The summed E-state index contributed by atoms with van der Waals surface area (Å²) in [4.78, 5) is 11.3. The Labute approximate surface area is 144 Å². The Balaban J connectivity index is 2.05. The van der Waals surface area contributed by atoms with E-state index in [1.807, 2.05) is 13.8 Å². The van der Waals surface area contributed by atoms with Gasteiger partial charge in [0.25, 0.3) is 0 Å². The van der Waals surface area contributed by atoms with Gasteiger partial charge in [0.1, 0.15) is 6.04 Å². The summed E-state index contributed by atoms with van der Waals surface area (Å²) in [6.07, 6.45) is 0.635. The molecule has 2 rings (SSSR count). The van der Waals surface area contributed by atoms with Crippen molar-refractivity contribution in [3.63, 3.8) is 0 Å². The van der Waals surface area contributed by atoms with Crippen LogP contribution in [0.3, 0.4) is 0 Å². The Morgan fingerprint density at radius 3 is 2.08 bits per heavy atom. The van der Waals surface area contributed by atoms with Crippen LogP contribution in [0, 0.1) is 19.8 Å². The molecule has 2 N–H and O–H groups in total. The van der Waals surface area contributed by atoms with E-state index in [1.165, 1.54) is 22.3 Å². The molecule has 0 amide bonds. The number of aryl methyl sites for hydroxylation is 2. The number of rotatable bonds is 7. The first-order valence-electron chi connectivity index (χ1n) is 8.49. The number of carboxylic acids is 1. The van der Waals surface area contributed by atoms with E-state index in [1.54, 1.807) is 0 Å². The normalized spacial score (nSPS) is 12.4. The lowest BCUT2D eigenvalue weighted by Crippen LogP contribution is -2.37. The van der Waals surface area contributed by atoms with E-state index in [9.17, 15) is 9.90 Å². The molecule has 0 aliphatic rings. The van der Waals surface area contributed by atoms with Crippen molar-refractivity contribution in [2.45, 2.75) is 46.7 Å². The molecule has 0 aliphatic heterocycles. The van der Waals surface area contributed by atoms with Gasteiger partial charge in [-0.15, -0.1) is 0 Å². The summed E-state index contributed by atoms with van der Waals surface area (Å²) in [5, 5.41) is 12.4. The van der Waals surface area contributed by atoms with Crippen molar-refractivity contribution in [1.82, 2.24) is 5.32 Å². The summed E-state index contributed by atoms with van der Waals surface area (Å²) in [5.74, 6) is -0.430. The maximum atomic E-state index is 11.3. The molecule has 24 heavy (non-hydrogen) atoms. The van der Waals surface area contributed by atoms with Gasteiger partial charge in [-0.1, -0.05) is 67.4 Å². The summed E-state index contributed by atoms with van der Waals surface area (Å²) in [7, 11) is 0. The number of hydrogen-bond acceptors (Lipinski definition) is 2. The second-order valence-corrected chi connectivity index (χ2v) is 6.97. The third-order valence-corrected chi connectivity index (χ3v) is 4.07. The van der Waals surface area contributed by atoms with Gasteiger partial charge in [-0.05, 0) is 42.9 Å². The fourth-order valence-electron chi connectivity index (χ4n) is 2.94. The summed E-state index contributed by atoms with van der Waals surface area (Å²) in [5.41, 5.74) is 6.01. The molecule has 2 aromatic carbocycles. The van der Waals surface area contributed by atoms with Crippen molar-refractivity contribution in [2.75, 3.05) is 0 Å². The van der Waals surface area contributed by atoms with Crippen LogP contribution in [0.2, 0.25) is 0 Å². The minimum Gasteiger partial charge on any atom is -0.480 e. The number of carboxylic acid groups (broad SMARTS) is 1. The zero-order valence-electron chi connectivity index (χ0n) is 15.0. The van der Waals surface area contributed by atoms with Crippen LogP contribution in [0.25, 0.3) is 11.1 Å². The zero-order chi connectivity index (χ0) is 17.7. The molecule has 0 aromatic heterocycles. The van der Waals surface area contributed by atoms with Gasteiger partial charge < -0.3 is 10.4 Å². The highest BCUT2D eigenvalue weighted by Crippen LogP contribution is 2.22. The largest absolute Gasteiger partial charge is 0.480 e. The van der Waals surface area contributed by atoms with Gasteiger partial charge in [-0.3, -0.25) is 4.79 Å².